The third kappa shape index (κ3) is 3.91. The summed E-state index contributed by atoms with van der Waals surface area (Å²) in [6.07, 6.45) is 2.81. The van der Waals surface area contributed by atoms with Crippen LogP contribution < -0.4 is 10.1 Å². The van der Waals surface area contributed by atoms with Crippen molar-refractivity contribution < 1.29 is 9.66 Å². The van der Waals surface area contributed by atoms with E-state index in [1.807, 2.05) is 6.92 Å². The van der Waals surface area contributed by atoms with Gasteiger partial charge in [0.05, 0.1) is 11.5 Å². The van der Waals surface area contributed by atoms with Gasteiger partial charge in [0.2, 0.25) is 0 Å². The molecular weight excluding hydrogens is 232 g/mol. The minimum atomic E-state index is -0.390. The maximum absolute atomic E-state index is 11.1. The van der Waals surface area contributed by atoms with E-state index in [9.17, 15) is 10.1 Å². The Bertz CT molecular complexity index is 394. The summed E-state index contributed by atoms with van der Waals surface area (Å²) >= 11 is 0. The normalized spacial score (nSPS) is 10.1. The molecule has 0 aliphatic carbocycles. The molecule has 1 N–H and O–H groups in total. The lowest BCUT2D eigenvalue weighted by atomic mass is 10.2. The van der Waals surface area contributed by atoms with Crippen molar-refractivity contribution in [1.82, 2.24) is 0 Å². The first-order valence-corrected chi connectivity index (χ1v) is 6.34. The zero-order chi connectivity index (χ0) is 13.4. The molecule has 1 rings (SSSR count). The van der Waals surface area contributed by atoms with E-state index in [1.165, 1.54) is 0 Å². The third-order valence-electron chi connectivity index (χ3n) is 2.50. The first kappa shape index (κ1) is 14.3. The first-order valence-electron chi connectivity index (χ1n) is 6.34. The number of anilines is 1. The molecule has 0 aliphatic rings. The summed E-state index contributed by atoms with van der Waals surface area (Å²) in [6, 6.07) is 5.12. The van der Waals surface area contributed by atoms with Gasteiger partial charge in [0.15, 0.2) is 5.75 Å². The number of hydrogen-bond acceptors (Lipinski definition) is 4. The number of hydrogen-bond donors (Lipinski definition) is 1. The van der Waals surface area contributed by atoms with Crippen molar-refractivity contribution in [1.29, 1.82) is 0 Å². The van der Waals surface area contributed by atoms with E-state index in [4.69, 9.17) is 4.74 Å². The number of unbranched alkanes of at least 4 members (excludes halogenated alkanes) is 1. The Hall–Kier alpha value is -1.78. The fraction of sp³-hybridized carbons (Fsp3) is 0.538. The molecule has 0 atom stereocenters. The molecule has 0 aliphatic heterocycles. The predicted octanol–water partition coefficient (Wildman–Crippen LogP) is 3.60. The molecule has 18 heavy (non-hydrogen) atoms. The van der Waals surface area contributed by atoms with Crippen molar-refractivity contribution >= 4 is 11.4 Å². The number of para-hydroxylation sites is 1. The molecule has 0 fully saturated rings. The van der Waals surface area contributed by atoms with E-state index in [0.717, 1.165) is 19.3 Å². The summed E-state index contributed by atoms with van der Waals surface area (Å²) in [5.41, 5.74) is 0.554. The van der Waals surface area contributed by atoms with E-state index < -0.39 is 0 Å². The van der Waals surface area contributed by atoms with Gasteiger partial charge in [-0.3, -0.25) is 10.1 Å². The molecule has 0 saturated carbocycles. The molecule has 100 valence electrons. The number of nitro groups is 1. The Kier molecular flexibility index (Phi) is 5.97. The van der Waals surface area contributed by atoms with Crippen molar-refractivity contribution in [2.75, 3.05) is 18.5 Å². The van der Waals surface area contributed by atoms with Gasteiger partial charge in [0, 0.05) is 6.54 Å². The lowest BCUT2D eigenvalue weighted by Gasteiger charge is -2.10. The Morgan fingerprint density at radius 3 is 2.72 bits per heavy atom. The van der Waals surface area contributed by atoms with E-state index in [2.05, 4.69) is 12.2 Å². The van der Waals surface area contributed by atoms with Crippen LogP contribution >= 0.6 is 0 Å². The van der Waals surface area contributed by atoms with Crippen LogP contribution in [0.5, 0.6) is 5.75 Å². The maximum atomic E-state index is 11.1. The number of nitrogens with one attached hydrogen (secondary N) is 1. The molecule has 0 radical (unpaired) electrons. The van der Waals surface area contributed by atoms with Gasteiger partial charge in [-0.1, -0.05) is 26.3 Å². The highest BCUT2D eigenvalue weighted by Crippen LogP contribution is 2.34. The molecule has 5 nitrogen and oxygen atoms in total. The number of nitro benzene ring substituents is 1. The largest absolute Gasteiger partial charge is 0.487 e. The minimum absolute atomic E-state index is 0.0297. The van der Waals surface area contributed by atoms with Crippen molar-refractivity contribution in [2.24, 2.45) is 0 Å². The average molecular weight is 252 g/mol. The van der Waals surface area contributed by atoms with E-state index in [0.29, 0.717) is 24.6 Å². The second-order valence-electron chi connectivity index (χ2n) is 4.04. The fourth-order valence-corrected chi connectivity index (χ4v) is 1.56. The average Bonchev–Trinajstić information content (AvgIpc) is 2.36. The monoisotopic (exact) mass is 252 g/mol. The molecule has 5 heteroatoms. The van der Waals surface area contributed by atoms with Gasteiger partial charge < -0.3 is 10.1 Å². The van der Waals surface area contributed by atoms with Crippen LogP contribution in [0.3, 0.4) is 0 Å². The molecule has 0 bridgehead atoms. The lowest BCUT2D eigenvalue weighted by Crippen LogP contribution is -2.06. The SMILES string of the molecule is CCCCOc1cccc(NCCC)c1[N+](=O)[O-]. The molecule has 1 aromatic rings. The maximum Gasteiger partial charge on any atom is 0.333 e. The van der Waals surface area contributed by atoms with Crippen LogP contribution in [0.25, 0.3) is 0 Å². The fourth-order valence-electron chi connectivity index (χ4n) is 1.56. The van der Waals surface area contributed by atoms with Crippen LogP contribution in [0.15, 0.2) is 18.2 Å². The second-order valence-corrected chi connectivity index (χ2v) is 4.04. The van der Waals surface area contributed by atoms with Gasteiger partial charge >= 0.3 is 5.69 Å². The quantitative estimate of drug-likeness (QED) is 0.436. The Labute approximate surface area is 107 Å². The number of ether oxygens (including phenoxy) is 1. The lowest BCUT2D eigenvalue weighted by molar-refractivity contribution is -0.385. The van der Waals surface area contributed by atoms with E-state index in [-0.39, 0.29) is 10.6 Å². The van der Waals surface area contributed by atoms with E-state index >= 15 is 0 Å². The van der Waals surface area contributed by atoms with Gasteiger partial charge in [-0.2, -0.15) is 0 Å². The van der Waals surface area contributed by atoms with Crippen LogP contribution in [0.1, 0.15) is 33.1 Å². The highest BCUT2D eigenvalue weighted by molar-refractivity contribution is 5.68. The van der Waals surface area contributed by atoms with Gasteiger partial charge in [0.25, 0.3) is 0 Å². The summed E-state index contributed by atoms with van der Waals surface area (Å²) in [7, 11) is 0. The highest BCUT2D eigenvalue weighted by atomic mass is 16.6. The van der Waals surface area contributed by atoms with Crippen LogP contribution in [-0.2, 0) is 0 Å². The van der Waals surface area contributed by atoms with Crippen molar-refractivity contribution in [3.63, 3.8) is 0 Å². The van der Waals surface area contributed by atoms with Gasteiger partial charge in [0.1, 0.15) is 5.69 Å². The molecule has 0 saturated heterocycles. The molecular formula is C13H20N2O3. The second kappa shape index (κ2) is 7.53. The molecule has 0 amide bonds. The first-order chi connectivity index (χ1) is 8.70. The number of benzene rings is 1. The summed E-state index contributed by atoms with van der Waals surface area (Å²) in [5, 5.41) is 14.2. The Morgan fingerprint density at radius 2 is 2.11 bits per heavy atom. The topological polar surface area (TPSA) is 64.4 Å². The Balaban J connectivity index is 2.90. The summed E-state index contributed by atoms with van der Waals surface area (Å²) in [5.74, 6) is 0.342. The summed E-state index contributed by atoms with van der Waals surface area (Å²) in [6.45, 7) is 5.28. The number of nitrogens with zero attached hydrogens (tertiary/aromatic N) is 1. The van der Waals surface area contributed by atoms with E-state index in [1.54, 1.807) is 18.2 Å². The van der Waals surface area contributed by atoms with Crippen molar-refractivity contribution in [2.45, 2.75) is 33.1 Å². The van der Waals surface area contributed by atoms with Gasteiger partial charge in [-0.05, 0) is 25.0 Å². The summed E-state index contributed by atoms with van der Waals surface area (Å²) < 4.78 is 5.48. The summed E-state index contributed by atoms with van der Waals surface area (Å²) in [4.78, 5) is 10.7. The standard InChI is InChI=1S/C13H20N2O3/c1-3-5-10-18-12-8-6-7-11(14-9-4-2)13(12)15(16)17/h6-8,14H,3-5,9-10H2,1-2H3. The van der Waals surface area contributed by atoms with Crippen LogP contribution in [0.4, 0.5) is 11.4 Å². The van der Waals surface area contributed by atoms with Crippen molar-refractivity contribution in [3.05, 3.63) is 28.3 Å². The van der Waals surface area contributed by atoms with Crippen molar-refractivity contribution in [3.8, 4) is 5.75 Å². The zero-order valence-electron chi connectivity index (χ0n) is 10.9. The molecule has 0 heterocycles. The Morgan fingerprint density at radius 1 is 1.33 bits per heavy atom. The van der Waals surface area contributed by atoms with Crippen LogP contribution in [0.2, 0.25) is 0 Å². The molecule has 0 spiro atoms. The minimum Gasteiger partial charge on any atom is -0.487 e. The van der Waals surface area contributed by atoms with Gasteiger partial charge in [-0.25, -0.2) is 0 Å². The highest BCUT2D eigenvalue weighted by Gasteiger charge is 2.20. The molecule has 0 unspecified atom stereocenters. The predicted molar refractivity (Wildman–Crippen MR) is 72.3 cm³/mol. The molecule has 0 aromatic heterocycles. The molecule has 1 aromatic carbocycles. The van der Waals surface area contributed by atoms with Crippen LogP contribution in [0, 0.1) is 10.1 Å². The zero-order valence-corrected chi connectivity index (χ0v) is 10.9. The van der Waals surface area contributed by atoms with Gasteiger partial charge in [-0.15, -0.1) is 0 Å². The smallest absolute Gasteiger partial charge is 0.333 e. The van der Waals surface area contributed by atoms with Crippen LogP contribution in [-0.4, -0.2) is 18.1 Å². The third-order valence-corrected chi connectivity index (χ3v) is 2.50. The number of rotatable bonds is 8.